The molecule has 1 heteroatoms. The number of benzene rings is 1. The van der Waals surface area contributed by atoms with Crippen molar-refractivity contribution < 1.29 is 12.3 Å². The minimum atomic E-state index is -3.20. The van der Waals surface area contributed by atoms with Crippen molar-refractivity contribution in [1.82, 2.24) is 0 Å². The Morgan fingerprint density at radius 2 is 2.60 bits per heavy atom. The number of rotatable bonds is 2. The van der Waals surface area contributed by atoms with Crippen LogP contribution >= 0.6 is 0 Å². The zero-order chi connectivity index (χ0) is 15.2. The van der Waals surface area contributed by atoms with Crippen molar-refractivity contribution in [2.75, 3.05) is 5.73 Å². The Balaban J connectivity index is 3.48. The highest BCUT2D eigenvalue weighted by atomic mass is 14.5. The van der Waals surface area contributed by atoms with E-state index < -0.39 is 37.2 Å². The molecule has 0 bridgehead atoms. The lowest BCUT2D eigenvalue weighted by Crippen LogP contribution is -1.86. The third-order valence-corrected chi connectivity index (χ3v) is 0.968. The molecule has 0 spiro atoms. The van der Waals surface area contributed by atoms with Gasteiger partial charge < -0.3 is 5.73 Å². The summed E-state index contributed by atoms with van der Waals surface area (Å²) in [5.74, 6) is 0. The quantitative estimate of drug-likeness (QED) is 0.633. The smallest absolute Gasteiger partial charge is 0.0645 e. The van der Waals surface area contributed by atoms with E-state index in [1.54, 1.807) is 0 Å². The molecule has 0 atom stereocenters. The van der Waals surface area contributed by atoms with Gasteiger partial charge in [0.15, 0.2) is 0 Å². The summed E-state index contributed by atoms with van der Waals surface area (Å²) in [7, 11) is 0. The van der Waals surface area contributed by atoms with Gasteiger partial charge in [0.2, 0.25) is 0 Å². The summed E-state index contributed by atoms with van der Waals surface area (Å²) >= 11 is 0. The molecule has 2 N–H and O–H groups in total. The van der Waals surface area contributed by atoms with E-state index >= 15 is 0 Å². The van der Waals surface area contributed by atoms with E-state index in [2.05, 4.69) is 0 Å². The Labute approximate surface area is 74.5 Å². The van der Waals surface area contributed by atoms with Crippen LogP contribution in [0.5, 0.6) is 0 Å². The van der Waals surface area contributed by atoms with Gasteiger partial charge in [-0.25, -0.2) is 0 Å². The maximum atomic E-state index is 7.72. The van der Waals surface area contributed by atoms with Crippen molar-refractivity contribution >= 4 is 5.69 Å². The van der Waals surface area contributed by atoms with Crippen molar-refractivity contribution in [1.29, 1.82) is 0 Å². The van der Waals surface area contributed by atoms with Crippen LogP contribution < -0.4 is 5.73 Å². The van der Waals surface area contributed by atoms with Crippen LogP contribution in [0.1, 0.15) is 31.1 Å². The van der Waals surface area contributed by atoms with Gasteiger partial charge in [0, 0.05) is 15.3 Å². The van der Waals surface area contributed by atoms with Crippen molar-refractivity contribution in [3.8, 4) is 0 Å². The Bertz CT molecular complexity index is 491. The topological polar surface area (TPSA) is 26.0 Å². The molecule has 0 aliphatic heterocycles. The summed E-state index contributed by atoms with van der Waals surface area (Å²) in [6.07, 6.45) is -6.14. The van der Waals surface area contributed by atoms with Crippen LogP contribution in [0.15, 0.2) is 24.2 Å². The highest BCUT2D eigenvalue weighted by Gasteiger charge is 1.88. The van der Waals surface area contributed by atoms with Crippen molar-refractivity contribution in [2.24, 2.45) is 0 Å². The van der Waals surface area contributed by atoms with E-state index in [0.717, 1.165) is 12.1 Å². The fourth-order valence-corrected chi connectivity index (χ4v) is 0.536. The molecule has 10 heavy (non-hydrogen) atoms. The first-order valence-electron chi connectivity index (χ1n) is 7.20. The normalized spacial score (nSPS) is 27.0. The Morgan fingerprint density at radius 3 is 3.40 bits per heavy atom. The van der Waals surface area contributed by atoms with E-state index in [4.69, 9.17) is 18.1 Å². The second-order valence-electron chi connectivity index (χ2n) is 1.70. The van der Waals surface area contributed by atoms with Gasteiger partial charge in [-0.1, -0.05) is 25.3 Å². The first kappa shape index (κ1) is 1.79. The van der Waals surface area contributed by atoms with Gasteiger partial charge in [0.25, 0.3) is 0 Å². The summed E-state index contributed by atoms with van der Waals surface area (Å²) in [6, 6.07) is 1.13. The van der Waals surface area contributed by atoms with Gasteiger partial charge in [0.1, 0.15) is 0 Å². The zero-order valence-electron chi connectivity index (χ0n) is 14.2. The monoisotopic (exact) mass is 144 g/mol. The molecule has 0 saturated carbocycles. The van der Waals surface area contributed by atoms with Crippen LogP contribution in [0.3, 0.4) is 0 Å². The van der Waals surface area contributed by atoms with E-state index in [9.17, 15) is 0 Å². The molecule has 0 aromatic heterocycles. The summed E-state index contributed by atoms with van der Waals surface area (Å²) in [4.78, 5) is 0. The molecule has 0 aliphatic rings. The summed E-state index contributed by atoms with van der Waals surface area (Å²) < 4.78 is 66.8. The van der Waals surface area contributed by atoms with Gasteiger partial charge in [-0.3, -0.25) is 0 Å². The number of nitrogen functional groups attached to an aromatic ring is 1. The molecule has 1 rings (SSSR count). The van der Waals surface area contributed by atoms with Gasteiger partial charge in [0.05, 0.1) is 2.74 Å². The maximum Gasteiger partial charge on any atom is 0.0645 e. The molecule has 0 fully saturated rings. The average Bonchev–Trinajstić information content (AvgIpc) is 2.23. The van der Waals surface area contributed by atoms with Crippen LogP contribution in [0, 0.1) is 0 Å². The number of anilines is 1. The van der Waals surface area contributed by atoms with Crippen molar-refractivity contribution in [3.63, 3.8) is 0 Å². The number of nitrogens with two attached hydrogens (primary N) is 1. The summed E-state index contributed by atoms with van der Waals surface area (Å²) in [6.45, 7) is -3.20. The molecule has 0 aliphatic carbocycles. The zero-order valence-corrected chi connectivity index (χ0v) is 5.23. The number of hydrogen-bond acceptors (Lipinski definition) is 1. The molecule has 0 unspecified atom stereocenters. The minimum Gasteiger partial charge on any atom is -0.399 e. The fraction of sp³-hybridized carbons (Fsp3) is 0.333. The predicted octanol–water partition coefficient (Wildman–Crippen LogP) is 2.22. The third kappa shape index (κ3) is 1.76. The van der Waals surface area contributed by atoms with E-state index in [0.29, 0.717) is 0 Å². The van der Waals surface area contributed by atoms with Crippen LogP contribution in [-0.4, -0.2) is 0 Å². The van der Waals surface area contributed by atoms with Gasteiger partial charge >= 0.3 is 0 Å². The molecule has 0 radical (unpaired) electrons. The minimum absolute atomic E-state index is 0.0565. The lowest BCUT2D eigenvalue weighted by atomic mass is 10.1. The van der Waals surface area contributed by atoms with Crippen molar-refractivity contribution in [3.05, 3.63) is 29.8 Å². The third-order valence-electron chi connectivity index (χ3n) is 0.968. The largest absolute Gasteiger partial charge is 0.399 e. The lowest BCUT2D eigenvalue weighted by molar-refractivity contribution is 0.922. The lowest BCUT2D eigenvalue weighted by Gasteiger charge is -1.97. The summed E-state index contributed by atoms with van der Waals surface area (Å²) in [5, 5.41) is 0. The molecule has 54 valence electrons. The van der Waals surface area contributed by atoms with E-state index in [-0.39, 0.29) is 5.69 Å². The highest BCUT2D eigenvalue weighted by molar-refractivity contribution is 5.39. The van der Waals surface area contributed by atoms with Crippen LogP contribution in [0.4, 0.5) is 5.69 Å². The highest BCUT2D eigenvalue weighted by Crippen LogP contribution is 2.06. The standard InChI is InChI=1S/C9H13N/c1-2-3-8-4-6-9(10)7-5-8/h4-7H,2-3,10H2,1H3/i1D3,2D2,3D2,4D,6D. The molecule has 0 heterocycles. The van der Waals surface area contributed by atoms with Gasteiger partial charge in [-0.15, -0.1) is 0 Å². The van der Waals surface area contributed by atoms with Crippen LogP contribution in [-0.2, 0) is 6.37 Å². The van der Waals surface area contributed by atoms with Crippen LogP contribution in [0.2, 0.25) is 0 Å². The van der Waals surface area contributed by atoms with E-state index in [1.165, 1.54) is 0 Å². The SMILES string of the molecule is [2H]c1c(N)ccc(C([2H])([2H])C([2H])([2H])C([2H])([2H])[2H])c1[2H]. The van der Waals surface area contributed by atoms with E-state index in [1.807, 2.05) is 0 Å². The molecule has 1 nitrogen and oxygen atoms in total. The Hall–Kier alpha value is -0.980. The molecule has 0 saturated heterocycles. The second kappa shape index (κ2) is 3.25. The van der Waals surface area contributed by atoms with Crippen LogP contribution in [0.25, 0.3) is 0 Å². The molecule has 0 amide bonds. The number of hydrogen-bond donors (Lipinski definition) is 1. The second-order valence-corrected chi connectivity index (χ2v) is 1.70. The Kier molecular flexibility index (Phi) is 0.581. The van der Waals surface area contributed by atoms with Gasteiger partial charge in [-0.2, -0.15) is 0 Å². The number of aryl methyl sites for hydroxylation is 1. The average molecular weight is 144 g/mol. The Morgan fingerprint density at radius 1 is 1.70 bits per heavy atom. The first-order chi connectivity index (χ1) is 8.34. The molecular formula is C9H13N. The summed E-state index contributed by atoms with van der Waals surface area (Å²) in [5.41, 5.74) is 4.83. The molecular weight excluding hydrogens is 122 g/mol. The predicted molar refractivity (Wildman–Crippen MR) is 44.8 cm³/mol. The van der Waals surface area contributed by atoms with Gasteiger partial charge in [-0.05, 0) is 24.0 Å². The molecule has 1 aromatic carbocycles. The first-order valence-corrected chi connectivity index (χ1v) is 2.70. The maximum absolute atomic E-state index is 7.72. The van der Waals surface area contributed by atoms with Crippen molar-refractivity contribution in [2.45, 2.75) is 19.6 Å². The fourth-order valence-electron chi connectivity index (χ4n) is 0.536. The molecule has 1 aromatic rings.